The highest BCUT2D eigenvalue weighted by Crippen LogP contribution is 2.27. The van der Waals surface area contributed by atoms with Gasteiger partial charge in [-0.25, -0.2) is 4.79 Å². The van der Waals surface area contributed by atoms with Gasteiger partial charge in [-0.3, -0.25) is 4.90 Å². The van der Waals surface area contributed by atoms with Crippen LogP contribution in [0.1, 0.15) is 17.7 Å². The van der Waals surface area contributed by atoms with Gasteiger partial charge in [-0.2, -0.15) is 0 Å². The number of aliphatic hydroxyl groups is 1. The summed E-state index contributed by atoms with van der Waals surface area (Å²) >= 11 is 5.29. The summed E-state index contributed by atoms with van der Waals surface area (Å²) in [7, 11) is 1.31. The zero-order valence-electron chi connectivity index (χ0n) is 10.8. The zero-order valence-corrected chi connectivity index (χ0v) is 13.2. The second-order valence-electron chi connectivity index (χ2n) is 4.77. The number of ether oxygens (including phenoxy) is 1. The lowest BCUT2D eigenvalue weighted by atomic mass is 9.91. The smallest absolute Gasteiger partial charge is 0.334 e. The Labute approximate surface area is 125 Å². The molecule has 1 N–H and O–H groups in total. The van der Waals surface area contributed by atoms with Crippen LogP contribution in [0.2, 0.25) is 0 Å². The molecule has 1 fully saturated rings. The molecule has 2 rings (SSSR count). The lowest BCUT2D eigenvalue weighted by Crippen LogP contribution is -2.40. The van der Waals surface area contributed by atoms with E-state index in [4.69, 9.17) is 0 Å². The van der Waals surface area contributed by atoms with Crippen LogP contribution in [-0.4, -0.2) is 42.3 Å². The Balaban J connectivity index is 1.82. The molecule has 19 heavy (non-hydrogen) atoms. The maximum absolute atomic E-state index is 11.3. The Kier molecular flexibility index (Phi) is 5.38. The predicted molar refractivity (Wildman–Crippen MR) is 78.0 cm³/mol. The molecule has 0 saturated carbocycles. The minimum atomic E-state index is -0.972. The number of aliphatic hydroxyl groups excluding tert-OH is 1. The fourth-order valence-corrected chi connectivity index (χ4v) is 3.90. The predicted octanol–water partition coefficient (Wildman–Crippen LogP) is 2.26. The maximum atomic E-state index is 11.3. The van der Waals surface area contributed by atoms with Crippen LogP contribution in [-0.2, 0) is 16.1 Å². The van der Waals surface area contributed by atoms with Crippen LogP contribution in [0.15, 0.2) is 15.9 Å². The minimum Gasteiger partial charge on any atom is -0.467 e. The summed E-state index contributed by atoms with van der Waals surface area (Å²) in [6.07, 6.45) is 0.694. The van der Waals surface area contributed by atoms with Gasteiger partial charge < -0.3 is 9.84 Å². The fraction of sp³-hybridized carbons (Fsp3) is 0.615. The van der Waals surface area contributed by atoms with E-state index in [1.54, 1.807) is 11.3 Å². The average Bonchev–Trinajstić information content (AvgIpc) is 2.83. The summed E-state index contributed by atoms with van der Waals surface area (Å²) in [4.78, 5) is 15.0. The third kappa shape index (κ3) is 3.78. The van der Waals surface area contributed by atoms with E-state index in [1.807, 2.05) is 0 Å². The van der Waals surface area contributed by atoms with Crippen LogP contribution in [0.4, 0.5) is 0 Å². The Bertz CT molecular complexity index is 429. The van der Waals surface area contributed by atoms with Crippen LogP contribution in [0.3, 0.4) is 0 Å². The number of rotatable bonds is 4. The number of carbonyl (C=O) groups is 1. The van der Waals surface area contributed by atoms with Gasteiger partial charge in [0.15, 0.2) is 6.10 Å². The number of methoxy groups -OCH3 is 1. The molecule has 1 aromatic rings. The highest BCUT2D eigenvalue weighted by molar-refractivity contribution is 9.10. The molecule has 6 heteroatoms. The number of hydrogen-bond acceptors (Lipinski definition) is 5. The summed E-state index contributed by atoms with van der Waals surface area (Å²) in [5, 5.41) is 11.9. The number of nitrogens with zero attached hydrogens (tertiary/aromatic N) is 1. The molecule has 0 bridgehead atoms. The second kappa shape index (κ2) is 6.83. The van der Waals surface area contributed by atoms with Crippen molar-refractivity contribution in [2.75, 3.05) is 20.2 Å². The molecule has 1 saturated heterocycles. The first-order chi connectivity index (χ1) is 9.11. The highest BCUT2D eigenvalue weighted by atomic mass is 79.9. The number of piperidine rings is 1. The standard InChI is InChI=1S/C13H18BrNO3S/c1-18-13(17)12(16)9-2-5-15(6-3-9)8-11-10(14)4-7-19-11/h4,7,9,12,16H,2-3,5-6,8H2,1H3. The number of carbonyl (C=O) groups excluding carboxylic acids is 1. The van der Waals surface area contributed by atoms with E-state index in [9.17, 15) is 9.90 Å². The van der Waals surface area contributed by atoms with Crippen LogP contribution in [0.25, 0.3) is 0 Å². The average molecular weight is 348 g/mol. The largest absolute Gasteiger partial charge is 0.467 e. The van der Waals surface area contributed by atoms with E-state index >= 15 is 0 Å². The number of hydrogen-bond donors (Lipinski definition) is 1. The summed E-state index contributed by atoms with van der Waals surface area (Å²) < 4.78 is 5.75. The van der Waals surface area contributed by atoms with Gasteiger partial charge in [0.2, 0.25) is 0 Å². The first kappa shape index (κ1) is 15.0. The molecule has 106 valence electrons. The van der Waals surface area contributed by atoms with Gasteiger partial charge in [0.1, 0.15) is 0 Å². The molecule has 1 aromatic heterocycles. The van der Waals surface area contributed by atoms with Crippen molar-refractivity contribution in [2.45, 2.75) is 25.5 Å². The molecule has 0 spiro atoms. The Morgan fingerprint density at radius 2 is 2.32 bits per heavy atom. The summed E-state index contributed by atoms with van der Waals surface area (Å²) in [6.45, 7) is 2.74. The van der Waals surface area contributed by atoms with Crippen molar-refractivity contribution in [3.05, 3.63) is 20.8 Å². The van der Waals surface area contributed by atoms with Crippen LogP contribution < -0.4 is 0 Å². The molecule has 1 aliphatic rings. The van der Waals surface area contributed by atoms with E-state index < -0.39 is 12.1 Å². The van der Waals surface area contributed by atoms with Crippen molar-refractivity contribution in [3.8, 4) is 0 Å². The Morgan fingerprint density at radius 3 is 2.84 bits per heavy atom. The molecule has 1 atom stereocenters. The Morgan fingerprint density at radius 1 is 1.63 bits per heavy atom. The molecule has 0 aromatic carbocycles. The molecule has 1 aliphatic heterocycles. The van der Waals surface area contributed by atoms with Gasteiger partial charge in [0, 0.05) is 15.9 Å². The van der Waals surface area contributed by atoms with E-state index in [-0.39, 0.29) is 5.92 Å². The van der Waals surface area contributed by atoms with Crippen LogP contribution in [0.5, 0.6) is 0 Å². The molecular formula is C13H18BrNO3S. The Hall–Kier alpha value is -0.430. The fourth-order valence-electron chi connectivity index (χ4n) is 2.38. The molecule has 0 amide bonds. The monoisotopic (exact) mass is 347 g/mol. The minimum absolute atomic E-state index is 0.0236. The normalized spacial score (nSPS) is 19.3. The second-order valence-corrected chi connectivity index (χ2v) is 6.63. The third-order valence-electron chi connectivity index (χ3n) is 3.58. The van der Waals surface area contributed by atoms with Gasteiger partial charge >= 0.3 is 5.97 Å². The molecule has 4 nitrogen and oxygen atoms in total. The lowest BCUT2D eigenvalue weighted by molar-refractivity contribution is -0.154. The van der Waals surface area contributed by atoms with Crippen molar-refractivity contribution in [1.82, 2.24) is 4.90 Å². The number of esters is 1. The van der Waals surface area contributed by atoms with Crippen LogP contribution in [0, 0.1) is 5.92 Å². The van der Waals surface area contributed by atoms with Crippen molar-refractivity contribution < 1.29 is 14.6 Å². The molecule has 2 heterocycles. The summed E-state index contributed by atoms with van der Waals surface area (Å²) in [5.74, 6) is -0.491. The first-order valence-electron chi connectivity index (χ1n) is 6.32. The maximum Gasteiger partial charge on any atom is 0.334 e. The van der Waals surface area contributed by atoms with Crippen molar-refractivity contribution >= 4 is 33.2 Å². The molecule has 1 unspecified atom stereocenters. The SMILES string of the molecule is COC(=O)C(O)C1CCN(Cc2sccc2Br)CC1. The van der Waals surface area contributed by atoms with E-state index in [0.717, 1.165) is 36.9 Å². The van der Waals surface area contributed by atoms with Crippen LogP contribution >= 0.6 is 27.3 Å². The van der Waals surface area contributed by atoms with Gasteiger partial charge in [-0.1, -0.05) is 0 Å². The molecule has 0 radical (unpaired) electrons. The van der Waals surface area contributed by atoms with Crippen molar-refractivity contribution in [3.63, 3.8) is 0 Å². The quantitative estimate of drug-likeness (QED) is 0.848. The molecule has 0 aliphatic carbocycles. The van der Waals surface area contributed by atoms with E-state index in [2.05, 4.69) is 37.0 Å². The van der Waals surface area contributed by atoms with E-state index in [0.29, 0.717) is 0 Å². The molecular weight excluding hydrogens is 330 g/mol. The van der Waals surface area contributed by atoms with Gasteiger partial charge in [-0.05, 0) is 59.2 Å². The highest BCUT2D eigenvalue weighted by Gasteiger charge is 2.30. The third-order valence-corrected chi connectivity index (χ3v) is 5.49. The summed E-state index contributed by atoms with van der Waals surface area (Å²) in [5.41, 5.74) is 0. The van der Waals surface area contributed by atoms with Crippen molar-refractivity contribution in [1.29, 1.82) is 0 Å². The van der Waals surface area contributed by atoms with Gasteiger partial charge in [-0.15, -0.1) is 11.3 Å². The van der Waals surface area contributed by atoms with Crippen molar-refractivity contribution in [2.24, 2.45) is 5.92 Å². The first-order valence-corrected chi connectivity index (χ1v) is 7.99. The van der Waals surface area contributed by atoms with Gasteiger partial charge in [0.25, 0.3) is 0 Å². The number of thiophene rings is 1. The lowest BCUT2D eigenvalue weighted by Gasteiger charge is -2.33. The topological polar surface area (TPSA) is 49.8 Å². The number of halogens is 1. The van der Waals surface area contributed by atoms with E-state index in [1.165, 1.54) is 12.0 Å². The zero-order chi connectivity index (χ0) is 13.8. The summed E-state index contributed by atoms with van der Waals surface area (Å²) in [6, 6.07) is 2.06. The number of likely N-dealkylation sites (tertiary alicyclic amines) is 1. The van der Waals surface area contributed by atoms with Gasteiger partial charge in [0.05, 0.1) is 7.11 Å².